The summed E-state index contributed by atoms with van der Waals surface area (Å²) in [5.41, 5.74) is 6.14. The zero-order valence-corrected chi connectivity index (χ0v) is 23.0. The van der Waals surface area contributed by atoms with E-state index in [9.17, 15) is 8.78 Å². The molecular weight excluding hydrogens is 581 g/mol. The maximum absolute atomic E-state index is 13.1. The maximum Gasteiger partial charge on any atom is 0.205 e. The lowest BCUT2D eigenvalue weighted by molar-refractivity contribution is 0.629. The van der Waals surface area contributed by atoms with Gasteiger partial charge in [0.2, 0.25) is 11.9 Å². The van der Waals surface area contributed by atoms with E-state index < -0.39 is 0 Å². The number of aromatic nitrogens is 4. The highest BCUT2D eigenvalue weighted by atomic mass is 35.5. The standard InChI is InChI=1S/C12H8Cl2FN3S.C12H9ClFN3S/c1-5-9(11(14)19-10(5)13)18-12-16-7-3-2-6(15)4-8(7)17-12;1-6-5-18-11(13)10(6)17-12-15-8-3-2-7(14)4-9(8)16-12/h2-4H,1H3,(H2,16,17,18);2-5H,1H3,(H2,15,16,17). The lowest BCUT2D eigenvalue weighted by Gasteiger charge is -2.02. The quantitative estimate of drug-likeness (QED) is 0.163. The van der Waals surface area contributed by atoms with Crippen molar-refractivity contribution in [2.24, 2.45) is 0 Å². The summed E-state index contributed by atoms with van der Waals surface area (Å²) in [4.78, 5) is 14.6. The molecule has 4 heterocycles. The van der Waals surface area contributed by atoms with Gasteiger partial charge < -0.3 is 20.6 Å². The van der Waals surface area contributed by atoms with Crippen molar-refractivity contribution in [2.45, 2.75) is 13.8 Å². The minimum Gasteiger partial charge on any atom is -0.324 e. The number of anilines is 4. The van der Waals surface area contributed by atoms with Gasteiger partial charge >= 0.3 is 0 Å². The van der Waals surface area contributed by atoms with Gasteiger partial charge in [-0.15, -0.1) is 22.7 Å². The van der Waals surface area contributed by atoms with Crippen LogP contribution in [0.5, 0.6) is 0 Å². The molecule has 0 aliphatic heterocycles. The molecule has 0 unspecified atom stereocenters. The van der Waals surface area contributed by atoms with Gasteiger partial charge in [-0.25, -0.2) is 18.7 Å². The second-order valence-electron chi connectivity index (χ2n) is 7.96. The summed E-state index contributed by atoms with van der Waals surface area (Å²) in [6.07, 6.45) is 0. The molecule has 6 rings (SSSR count). The summed E-state index contributed by atoms with van der Waals surface area (Å²) >= 11 is 20.9. The molecule has 0 atom stereocenters. The van der Waals surface area contributed by atoms with Crippen LogP contribution in [0.2, 0.25) is 13.0 Å². The molecule has 0 fully saturated rings. The third-order valence-electron chi connectivity index (χ3n) is 5.35. The number of fused-ring (bicyclic) bond motifs is 2. The smallest absolute Gasteiger partial charge is 0.205 e. The number of benzene rings is 2. The maximum atomic E-state index is 13.1. The normalized spacial score (nSPS) is 11.1. The molecule has 13 heteroatoms. The van der Waals surface area contributed by atoms with Crippen LogP contribution in [-0.2, 0) is 0 Å². The summed E-state index contributed by atoms with van der Waals surface area (Å²) in [5, 5.41) is 8.16. The van der Waals surface area contributed by atoms with Crippen LogP contribution in [0.4, 0.5) is 32.1 Å². The van der Waals surface area contributed by atoms with Crippen molar-refractivity contribution in [1.82, 2.24) is 19.9 Å². The van der Waals surface area contributed by atoms with E-state index in [1.807, 2.05) is 19.2 Å². The Morgan fingerprint density at radius 1 is 0.757 bits per heavy atom. The van der Waals surface area contributed by atoms with E-state index in [0.717, 1.165) is 22.5 Å². The van der Waals surface area contributed by atoms with Gasteiger partial charge in [-0.3, -0.25) is 0 Å². The summed E-state index contributed by atoms with van der Waals surface area (Å²) in [6.45, 7) is 3.84. The van der Waals surface area contributed by atoms with Crippen molar-refractivity contribution in [3.63, 3.8) is 0 Å². The van der Waals surface area contributed by atoms with Gasteiger partial charge in [-0.2, -0.15) is 0 Å². The molecule has 6 nitrogen and oxygen atoms in total. The highest BCUT2D eigenvalue weighted by Gasteiger charge is 2.14. The minimum atomic E-state index is -0.310. The monoisotopic (exact) mass is 596 g/mol. The molecule has 0 saturated heterocycles. The number of rotatable bonds is 4. The molecule has 0 aliphatic carbocycles. The Morgan fingerprint density at radius 2 is 1.30 bits per heavy atom. The molecule has 6 aromatic rings. The molecule has 0 radical (unpaired) electrons. The van der Waals surface area contributed by atoms with Crippen molar-refractivity contribution in [3.05, 3.63) is 77.5 Å². The molecule has 0 spiro atoms. The van der Waals surface area contributed by atoms with Crippen LogP contribution in [0.3, 0.4) is 0 Å². The fourth-order valence-corrected chi connectivity index (χ4v) is 6.12. The minimum absolute atomic E-state index is 0.289. The number of H-pyrrole nitrogens is 2. The van der Waals surface area contributed by atoms with E-state index >= 15 is 0 Å². The van der Waals surface area contributed by atoms with E-state index in [1.165, 1.54) is 46.9 Å². The lowest BCUT2D eigenvalue weighted by atomic mass is 10.3. The van der Waals surface area contributed by atoms with E-state index in [1.54, 1.807) is 12.1 Å². The molecule has 0 bridgehead atoms. The van der Waals surface area contributed by atoms with Crippen molar-refractivity contribution in [2.75, 3.05) is 10.6 Å². The number of thiophene rings is 2. The van der Waals surface area contributed by atoms with Crippen molar-refractivity contribution in [1.29, 1.82) is 0 Å². The Labute approximate surface area is 232 Å². The predicted octanol–water partition coefficient (Wildman–Crippen LogP) is 9.59. The summed E-state index contributed by atoms with van der Waals surface area (Å²) < 4.78 is 28.0. The van der Waals surface area contributed by atoms with Gasteiger partial charge in [-0.1, -0.05) is 34.8 Å². The third-order valence-corrected chi connectivity index (χ3v) is 8.49. The predicted molar refractivity (Wildman–Crippen MR) is 152 cm³/mol. The van der Waals surface area contributed by atoms with Crippen LogP contribution in [0.25, 0.3) is 22.1 Å². The lowest BCUT2D eigenvalue weighted by Crippen LogP contribution is -1.92. The molecule has 2 aromatic carbocycles. The van der Waals surface area contributed by atoms with Crippen LogP contribution < -0.4 is 10.6 Å². The largest absolute Gasteiger partial charge is 0.324 e. The zero-order chi connectivity index (χ0) is 26.3. The number of imidazole rings is 2. The first kappa shape index (κ1) is 25.7. The summed E-state index contributed by atoms with van der Waals surface area (Å²) in [5.74, 6) is 0.456. The number of nitrogens with one attached hydrogen (secondary N) is 4. The first-order valence-corrected chi connectivity index (χ1v) is 13.5. The van der Waals surface area contributed by atoms with Crippen molar-refractivity contribution >= 4 is 103 Å². The number of hydrogen-bond donors (Lipinski definition) is 4. The highest BCUT2D eigenvalue weighted by molar-refractivity contribution is 7.20. The first-order chi connectivity index (χ1) is 17.7. The second kappa shape index (κ2) is 10.5. The molecule has 0 saturated carbocycles. The van der Waals surface area contributed by atoms with Crippen molar-refractivity contribution < 1.29 is 8.78 Å². The van der Waals surface area contributed by atoms with E-state index in [4.69, 9.17) is 34.8 Å². The molecular formula is C24H17Cl3F2N6S2. The van der Waals surface area contributed by atoms with Crippen LogP contribution in [0.15, 0.2) is 41.8 Å². The average Bonchev–Trinajstić information content (AvgIpc) is 3.58. The van der Waals surface area contributed by atoms with Crippen LogP contribution in [0, 0.1) is 25.5 Å². The van der Waals surface area contributed by atoms with Gasteiger partial charge in [0.05, 0.1) is 37.8 Å². The van der Waals surface area contributed by atoms with Crippen LogP contribution >= 0.6 is 57.5 Å². The van der Waals surface area contributed by atoms with Gasteiger partial charge in [0.1, 0.15) is 20.3 Å². The number of halogens is 5. The second-order valence-corrected chi connectivity index (χ2v) is 11.7. The number of aromatic amines is 2. The van der Waals surface area contributed by atoms with E-state index in [-0.39, 0.29) is 11.6 Å². The Bertz CT molecular complexity index is 1720. The number of nitrogens with zero attached hydrogens (tertiary/aromatic N) is 2. The average molecular weight is 598 g/mol. The molecule has 4 N–H and O–H groups in total. The number of hydrogen-bond acceptors (Lipinski definition) is 6. The highest BCUT2D eigenvalue weighted by Crippen LogP contribution is 2.41. The molecule has 0 amide bonds. The zero-order valence-electron chi connectivity index (χ0n) is 19.1. The Balaban J connectivity index is 0.000000152. The summed E-state index contributed by atoms with van der Waals surface area (Å²) in [7, 11) is 0. The van der Waals surface area contributed by atoms with E-state index in [0.29, 0.717) is 47.0 Å². The van der Waals surface area contributed by atoms with Crippen LogP contribution in [0.1, 0.15) is 11.1 Å². The topological polar surface area (TPSA) is 81.4 Å². The Morgan fingerprint density at radius 3 is 1.76 bits per heavy atom. The number of aryl methyl sites for hydroxylation is 1. The van der Waals surface area contributed by atoms with Gasteiger partial charge in [0, 0.05) is 5.56 Å². The van der Waals surface area contributed by atoms with Gasteiger partial charge in [0.25, 0.3) is 0 Å². The molecule has 37 heavy (non-hydrogen) atoms. The SMILES string of the molecule is Cc1c(Cl)sc(Cl)c1Nc1nc2ccc(F)cc2[nH]1.Cc1csc(Cl)c1Nc1nc2ccc(F)cc2[nH]1. The van der Waals surface area contributed by atoms with Crippen molar-refractivity contribution in [3.8, 4) is 0 Å². The summed E-state index contributed by atoms with van der Waals surface area (Å²) in [6, 6.07) is 8.80. The van der Waals surface area contributed by atoms with Gasteiger partial charge in [0.15, 0.2) is 0 Å². The molecule has 190 valence electrons. The molecule has 0 aliphatic rings. The Kier molecular flexibility index (Phi) is 7.28. The third kappa shape index (κ3) is 5.53. The van der Waals surface area contributed by atoms with E-state index in [2.05, 4.69) is 30.6 Å². The Hall–Kier alpha value is -2.89. The fraction of sp³-hybridized carbons (Fsp3) is 0.0833. The van der Waals surface area contributed by atoms with Crippen LogP contribution in [-0.4, -0.2) is 19.9 Å². The first-order valence-electron chi connectivity index (χ1n) is 10.7. The van der Waals surface area contributed by atoms with Gasteiger partial charge in [-0.05, 0) is 61.2 Å². The molecule has 4 aromatic heterocycles. The fourth-order valence-electron chi connectivity index (χ4n) is 3.47.